The third-order valence-electron chi connectivity index (χ3n) is 4.63. The number of hydrogen-bond donors (Lipinski definition) is 1. The smallest absolute Gasteiger partial charge is 0.271 e. The number of methoxy groups -OCH3 is 1. The second-order valence-electron chi connectivity index (χ2n) is 6.82. The van der Waals surface area contributed by atoms with E-state index in [2.05, 4.69) is 5.32 Å². The molecular formula is C20H19ClN4O7. The average Bonchev–Trinajstić information content (AvgIpc) is 2.75. The quantitative estimate of drug-likeness (QED) is 0.492. The summed E-state index contributed by atoms with van der Waals surface area (Å²) in [6.07, 6.45) is 0. The third kappa shape index (κ3) is 5.06. The molecule has 12 heteroatoms. The van der Waals surface area contributed by atoms with Gasteiger partial charge in [-0.2, -0.15) is 0 Å². The van der Waals surface area contributed by atoms with Crippen LogP contribution in [-0.2, 0) is 14.4 Å². The molecule has 0 saturated heterocycles. The van der Waals surface area contributed by atoms with E-state index in [1.807, 2.05) is 0 Å². The highest BCUT2D eigenvalue weighted by Gasteiger charge is 2.30. The molecule has 0 unspecified atom stereocenters. The number of amides is 3. The molecule has 0 spiro atoms. The number of ether oxygens (including phenoxy) is 2. The Balaban J connectivity index is 1.69. The number of fused-ring (bicyclic) bond motifs is 1. The minimum Gasteiger partial charge on any atom is -0.495 e. The first-order valence-corrected chi connectivity index (χ1v) is 9.66. The fraction of sp³-hybridized carbons (Fsp3) is 0.250. The summed E-state index contributed by atoms with van der Waals surface area (Å²) >= 11 is 5.95. The summed E-state index contributed by atoms with van der Waals surface area (Å²) in [5, 5.41) is 14.1. The zero-order valence-corrected chi connectivity index (χ0v) is 17.9. The molecule has 0 fully saturated rings. The van der Waals surface area contributed by atoms with E-state index in [-0.39, 0.29) is 30.3 Å². The Bertz CT molecular complexity index is 1090. The molecule has 1 N–H and O–H groups in total. The number of carbonyl (C=O) groups excluding carboxylic acids is 3. The first-order chi connectivity index (χ1) is 15.2. The van der Waals surface area contributed by atoms with Crippen molar-refractivity contribution in [3.8, 4) is 11.5 Å². The highest BCUT2D eigenvalue weighted by atomic mass is 35.5. The molecule has 11 nitrogen and oxygen atoms in total. The number of nitrogens with one attached hydrogen (secondary N) is 1. The molecule has 0 saturated carbocycles. The molecular weight excluding hydrogens is 444 g/mol. The Morgan fingerprint density at radius 1 is 1.31 bits per heavy atom. The van der Waals surface area contributed by atoms with Gasteiger partial charge in [-0.05, 0) is 24.3 Å². The first kappa shape index (κ1) is 22.8. The first-order valence-electron chi connectivity index (χ1n) is 9.28. The number of non-ortho nitro benzene ring substituents is 1. The summed E-state index contributed by atoms with van der Waals surface area (Å²) in [4.78, 5) is 50.1. The van der Waals surface area contributed by atoms with E-state index in [0.717, 1.165) is 15.9 Å². The maximum atomic E-state index is 12.7. The molecule has 0 aliphatic carbocycles. The van der Waals surface area contributed by atoms with Crippen LogP contribution in [0.3, 0.4) is 0 Å². The maximum Gasteiger partial charge on any atom is 0.271 e. The number of halogens is 1. The van der Waals surface area contributed by atoms with Crippen molar-refractivity contribution in [2.45, 2.75) is 0 Å². The van der Waals surface area contributed by atoms with Gasteiger partial charge < -0.3 is 19.7 Å². The molecule has 2 aromatic rings. The Morgan fingerprint density at radius 3 is 2.75 bits per heavy atom. The van der Waals surface area contributed by atoms with Crippen molar-refractivity contribution in [1.82, 2.24) is 4.90 Å². The average molecular weight is 463 g/mol. The normalized spacial score (nSPS) is 12.5. The molecule has 1 aliphatic heterocycles. The SMILES string of the molecule is COc1ccc(Cl)cc1NC(=O)CN(C)C(=O)CN1C(=O)COc2ccc([N+](=O)[O-])cc21. The summed E-state index contributed by atoms with van der Waals surface area (Å²) in [5.74, 6) is -0.949. The van der Waals surface area contributed by atoms with Crippen LogP contribution in [0.4, 0.5) is 17.1 Å². The Morgan fingerprint density at radius 2 is 2.06 bits per heavy atom. The number of likely N-dealkylation sites (N-methyl/N-ethyl adjacent to an activating group) is 1. The van der Waals surface area contributed by atoms with Gasteiger partial charge in [-0.15, -0.1) is 0 Å². The van der Waals surface area contributed by atoms with Crippen molar-refractivity contribution in [1.29, 1.82) is 0 Å². The van der Waals surface area contributed by atoms with Gasteiger partial charge in [-0.1, -0.05) is 11.6 Å². The lowest BCUT2D eigenvalue weighted by Gasteiger charge is -2.30. The van der Waals surface area contributed by atoms with Crippen molar-refractivity contribution in [2.24, 2.45) is 0 Å². The number of nitro groups is 1. The standard InChI is InChI=1S/C20H19ClN4O7/c1-23(9-18(26)22-14-7-12(21)3-5-16(14)31-2)19(27)10-24-15-8-13(25(29)30)4-6-17(15)32-11-20(24)28/h3-8H,9-11H2,1-2H3,(H,22,26). The van der Waals surface area contributed by atoms with E-state index < -0.39 is 29.2 Å². The van der Waals surface area contributed by atoms with Crippen molar-refractivity contribution >= 4 is 46.4 Å². The van der Waals surface area contributed by atoms with Crippen LogP contribution in [0.2, 0.25) is 5.02 Å². The van der Waals surface area contributed by atoms with Gasteiger partial charge in [0.05, 0.1) is 30.0 Å². The number of benzene rings is 2. The van der Waals surface area contributed by atoms with Gasteiger partial charge in [-0.3, -0.25) is 29.4 Å². The topological polar surface area (TPSA) is 131 Å². The lowest BCUT2D eigenvalue weighted by atomic mass is 10.2. The minimum atomic E-state index is -0.611. The van der Waals surface area contributed by atoms with E-state index in [1.54, 1.807) is 12.1 Å². The summed E-state index contributed by atoms with van der Waals surface area (Å²) in [5.41, 5.74) is 0.212. The van der Waals surface area contributed by atoms with Gasteiger partial charge in [-0.25, -0.2) is 0 Å². The summed E-state index contributed by atoms with van der Waals surface area (Å²) in [7, 11) is 2.84. The zero-order valence-electron chi connectivity index (χ0n) is 17.2. The Kier molecular flexibility index (Phi) is 6.79. The van der Waals surface area contributed by atoms with Crippen molar-refractivity contribution in [2.75, 3.05) is 44.1 Å². The second kappa shape index (κ2) is 9.52. The number of rotatable bonds is 7. The molecule has 3 amide bonds. The largest absolute Gasteiger partial charge is 0.495 e. The summed E-state index contributed by atoms with van der Waals surface area (Å²) in [6, 6.07) is 8.48. The molecule has 1 heterocycles. The van der Waals surface area contributed by atoms with Gasteiger partial charge in [0.2, 0.25) is 11.8 Å². The second-order valence-corrected chi connectivity index (χ2v) is 7.26. The predicted octanol–water partition coefficient (Wildman–Crippen LogP) is 2.08. The van der Waals surface area contributed by atoms with Gasteiger partial charge in [0.15, 0.2) is 6.61 Å². The molecule has 0 aromatic heterocycles. The van der Waals surface area contributed by atoms with Crippen molar-refractivity contribution in [3.63, 3.8) is 0 Å². The number of nitrogens with zero attached hydrogens (tertiary/aromatic N) is 3. The minimum absolute atomic E-state index is 0.116. The lowest BCUT2D eigenvalue weighted by Crippen LogP contribution is -2.47. The monoisotopic (exact) mass is 462 g/mol. The highest BCUT2D eigenvalue weighted by molar-refractivity contribution is 6.31. The predicted molar refractivity (Wildman–Crippen MR) is 115 cm³/mol. The van der Waals surface area contributed by atoms with Crippen molar-refractivity contribution < 1.29 is 28.8 Å². The molecule has 32 heavy (non-hydrogen) atoms. The van der Waals surface area contributed by atoms with Gasteiger partial charge in [0.1, 0.15) is 18.0 Å². The Labute approximate surface area is 187 Å². The van der Waals surface area contributed by atoms with Gasteiger partial charge in [0, 0.05) is 24.2 Å². The van der Waals surface area contributed by atoms with E-state index in [1.165, 1.54) is 32.4 Å². The van der Waals surface area contributed by atoms with Crippen LogP contribution in [0.25, 0.3) is 0 Å². The van der Waals surface area contributed by atoms with Crippen LogP contribution in [0, 0.1) is 10.1 Å². The van der Waals surface area contributed by atoms with E-state index >= 15 is 0 Å². The lowest BCUT2D eigenvalue weighted by molar-refractivity contribution is -0.384. The highest BCUT2D eigenvalue weighted by Crippen LogP contribution is 2.35. The van der Waals surface area contributed by atoms with Crippen LogP contribution in [-0.4, -0.2) is 61.4 Å². The zero-order chi connectivity index (χ0) is 23.4. The molecule has 0 bridgehead atoms. The third-order valence-corrected chi connectivity index (χ3v) is 4.87. The summed E-state index contributed by atoms with van der Waals surface area (Å²) in [6.45, 7) is -1.04. The number of anilines is 2. The summed E-state index contributed by atoms with van der Waals surface area (Å²) < 4.78 is 10.4. The fourth-order valence-corrected chi connectivity index (χ4v) is 3.18. The van der Waals surface area contributed by atoms with Crippen LogP contribution in [0.1, 0.15) is 0 Å². The van der Waals surface area contributed by atoms with E-state index in [9.17, 15) is 24.5 Å². The molecule has 0 radical (unpaired) electrons. The molecule has 2 aromatic carbocycles. The molecule has 1 aliphatic rings. The Hall–Kier alpha value is -3.86. The molecule has 3 rings (SSSR count). The van der Waals surface area contributed by atoms with Crippen LogP contribution >= 0.6 is 11.6 Å². The van der Waals surface area contributed by atoms with E-state index in [4.69, 9.17) is 21.1 Å². The fourth-order valence-electron chi connectivity index (χ4n) is 3.00. The molecule has 168 valence electrons. The van der Waals surface area contributed by atoms with Crippen LogP contribution < -0.4 is 19.7 Å². The number of hydrogen-bond acceptors (Lipinski definition) is 7. The van der Waals surface area contributed by atoms with E-state index in [0.29, 0.717) is 16.5 Å². The number of nitro benzene ring substituents is 1. The maximum absolute atomic E-state index is 12.7. The van der Waals surface area contributed by atoms with Gasteiger partial charge in [0.25, 0.3) is 11.6 Å². The van der Waals surface area contributed by atoms with Crippen LogP contribution in [0.5, 0.6) is 11.5 Å². The van der Waals surface area contributed by atoms with Crippen molar-refractivity contribution in [3.05, 3.63) is 51.5 Å². The van der Waals surface area contributed by atoms with Crippen LogP contribution in [0.15, 0.2) is 36.4 Å². The van der Waals surface area contributed by atoms with Gasteiger partial charge >= 0.3 is 0 Å². The number of carbonyl (C=O) groups is 3. The molecule has 0 atom stereocenters.